The van der Waals surface area contributed by atoms with E-state index in [1.54, 1.807) is 0 Å². The number of carbonyl (C=O) groups is 1. The van der Waals surface area contributed by atoms with Gasteiger partial charge in [0.05, 0.1) is 34.4 Å². The number of likely N-dealkylation sites (N-methyl/N-ethyl adjacent to an activating group) is 1. The highest BCUT2D eigenvalue weighted by molar-refractivity contribution is 7.45. The Morgan fingerprint density at radius 2 is 1.23 bits per heavy atom. The zero-order chi connectivity index (χ0) is 34.9. The van der Waals surface area contributed by atoms with Crippen LogP contribution in [0.5, 0.6) is 0 Å². The number of rotatable bonds is 34. The first kappa shape index (κ1) is 45.7. The van der Waals surface area contributed by atoms with Gasteiger partial charge in [0.2, 0.25) is 0 Å². The Labute approximate surface area is 289 Å². The fraction of sp³-hybridized carbons (Fsp3) is 0.816. The average molecular weight is 686 g/mol. The maximum atomic E-state index is 12.6. The summed E-state index contributed by atoms with van der Waals surface area (Å²) in [6, 6.07) is 0. The SMILES string of the molecule is CC/C=C\C/C=C\C/C=C\CCCCCCCC(=O)OC(COCCCCCCCCCCCC)COP(=O)([O-])OCC[N+](C)(C)C. The number of hydrogen-bond donors (Lipinski definition) is 0. The van der Waals surface area contributed by atoms with Crippen LogP contribution in [-0.4, -0.2) is 70.7 Å². The van der Waals surface area contributed by atoms with E-state index in [2.05, 4.69) is 50.3 Å². The third-order valence-corrected chi connectivity index (χ3v) is 8.67. The van der Waals surface area contributed by atoms with Crippen molar-refractivity contribution < 1.29 is 37.3 Å². The number of unbranched alkanes of at least 4 members (excludes halogenated alkanes) is 14. The van der Waals surface area contributed by atoms with Gasteiger partial charge in [0.25, 0.3) is 7.82 Å². The summed E-state index contributed by atoms with van der Waals surface area (Å²) >= 11 is 0. The molecule has 0 spiro atoms. The Morgan fingerprint density at radius 3 is 1.85 bits per heavy atom. The maximum absolute atomic E-state index is 12.6. The first-order valence-corrected chi connectivity index (χ1v) is 20.2. The summed E-state index contributed by atoms with van der Waals surface area (Å²) in [7, 11) is 1.34. The number of esters is 1. The number of phosphoric ester groups is 1. The molecule has 0 N–H and O–H groups in total. The van der Waals surface area contributed by atoms with E-state index in [4.69, 9.17) is 18.5 Å². The van der Waals surface area contributed by atoms with Crippen molar-refractivity contribution in [2.75, 3.05) is 54.1 Å². The van der Waals surface area contributed by atoms with Crippen LogP contribution in [-0.2, 0) is 27.9 Å². The molecule has 9 heteroatoms. The smallest absolute Gasteiger partial charge is 0.306 e. The zero-order valence-electron chi connectivity index (χ0n) is 31.0. The van der Waals surface area contributed by atoms with Crippen molar-refractivity contribution in [3.63, 3.8) is 0 Å². The second-order valence-corrected chi connectivity index (χ2v) is 15.0. The van der Waals surface area contributed by atoms with Gasteiger partial charge in [-0.15, -0.1) is 0 Å². The number of carbonyl (C=O) groups excluding carboxylic acids is 1. The van der Waals surface area contributed by atoms with E-state index >= 15 is 0 Å². The summed E-state index contributed by atoms with van der Waals surface area (Å²) in [5.74, 6) is -0.353. The van der Waals surface area contributed by atoms with E-state index in [0.717, 1.165) is 70.6 Å². The first-order valence-electron chi connectivity index (χ1n) is 18.7. The van der Waals surface area contributed by atoms with Crippen molar-refractivity contribution in [3.05, 3.63) is 36.5 Å². The van der Waals surface area contributed by atoms with Gasteiger partial charge < -0.3 is 27.9 Å². The summed E-state index contributed by atoms with van der Waals surface area (Å²) in [5, 5.41) is 0. The van der Waals surface area contributed by atoms with Gasteiger partial charge in [0, 0.05) is 13.0 Å². The number of phosphoric acid groups is 1. The molecule has 0 aromatic rings. The highest BCUT2D eigenvalue weighted by Crippen LogP contribution is 2.38. The van der Waals surface area contributed by atoms with Gasteiger partial charge in [-0.2, -0.15) is 0 Å². The molecule has 0 amide bonds. The number of ether oxygens (including phenoxy) is 2. The van der Waals surface area contributed by atoms with E-state index in [9.17, 15) is 14.3 Å². The Balaban J connectivity index is 4.34. The third kappa shape index (κ3) is 35.8. The molecule has 0 saturated heterocycles. The lowest BCUT2D eigenvalue weighted by molar-refractivity contribution is -0.870. The fourth-order valence-electron chi connectivity index (χ4n) is 4.79. The molecule has 0 radical (unpaired) electrons. The standard InChI is InChI=1S/C38H72NO7P/c1-6-8-10-12-14-16-18-19-20-21-22-23-25-27-29-31-38(40)46-37(36-45-47(41,42)44-34-32-39(3,4)5)35-43-33-30-28-26-24-17-15-13-11-9-7-2/h8,10,14,16,19-20,37H,6-7,9,11-13,15,17-18,21-36H2,1-5H3/b10-8-,16-14-,20-19-. The third-order valence-electron chi connectivity index (χ3n) is 7.71. The van der Waals surface area contributed by atoms with Crippen molar-refractivity contribution in [2.24, 2.45) is 0 Å². The van der Waals surface area contributed by atoms with Crippen molar-refractivity contribution in [1.82, 2.24) is 0 Å². The molecule has 47 heavy (non-hydrogen) atoms. The molecule has 276 valence electrons. The van der Waals surface area contributed by atoms with Gasteiger partial charge in [-0.3, -0.25) is 9.36 Å². The monoisotopic (exact) mass is 686 g/mol. The van der Waals surface area contributed by atoms with Crippen LogP contribution in [0, 0.1) is 0 Å². The lowest BCUT2D eigenvalue weighted by Crippen LogP contribution is -2.37. The number of allylic oxidation sites excluding steroid dienone is 6. The number of nitrogens with zero attached hydrogens (tertiary/aromatic N) is 1. The zero-order valence-corrected chi connectivity index (χ0v) is 31.9. The molecular formula is C38H72NO7P. The van der Waals surface area contributed by atoms with Crippen molar-refractivity contribution in [1.29, 1.82) is 0 Å². The molecule has 0 aliphatic carbocycles. The Morgan fingerprint density at radius 1 is 0.681 bits per heavy atom. The van der Waals surface area contributed by atoms with Gasteiger partial charge in [-0.25, -0.2) is 0 Å². The van der Waals surface area contributed by atoms with E-state index in [0.29, 0.717) is 24.1 Å². The van der Waals surface area contributed by atoms with E-state index < -0.39 is 13.9 Å². The molecule has 0 aromatic carbocycles. The van der Waals surface area contributed by atoms with E-state index in [1.165, 1.54) is 51.4 Å². The molecule has 0 aliphatic heterocycles. The molecule has 2 atom stereocenters. The van der Waals surface area contributed by atoms with Gasteiger partial charge in [-0.1, -0.05) is 127 Å². The fourth-order valence-corrected chi connectivity index (χ4v) is 5.52. The van der Waals surface area contributed by atoms with Crippen LogP contribution in [0.1, 0.15) is 142 Å². The molecular weight excluding hydrogens is 613 g/mol. The highest BCUT2D eigenvalue weighted by atomic mass is 31.2. The highest BCUT2D eigenvalue weighted by Gasteiger charge is 2.20. The van der Waals surface area contributed by atoms with Crippen LogP contribution in [0.4, 0.5) is 0 Å². The Kier molecular flexibility index (Phi) is 31.1. The predicted octanol–water partition coefficient (Wildman–Crippen LogP) is 9.63. The second kappa shape index (κ2) is 32.0. The molecule has 8 nitrogen and oxygen atoms in total. The minimum atomic E-state index is -4.52. The maximum Gasteiger partial charge on any atom is 0.306 e. The van der Waals surface area contributed by atoms with Crippen LogP contribution in [0.3, 0.4) is 0 Å². The predicted molar refractivity (Wildman–Crippen MR) is 194 cm³/mol. The van der Waals surface area contributed by atoms with Gasteiger partial charge in [0.1, 0.15) is 19.3 Å². The number of hydrogen-bond acceptors (Lipinski definition) is 7. The summed E-state index contributed by atoms with van der Waals surface area (Å²) in [6.07, 6.45) is 34.3. The summed E-state index contributed by atoms with van der Waals surface area (Å²) < 4.78 is 34.4. The van der Waals surface area contributed by atoms with Gasteiger partial charge in [0.15, 0.2) is 0 Å². The molecule has 0 aromatic heterocycles. The molecule has 0 rings (SSSR count). The Hall–Kier alpha value is -1.28. The molecule has 0 aliphatic rings. The van der Waals surface area contributed by atoms with Crippen molar-refractivity contribution in [3.8, 4) is 0 Å². The second-order valence-electron chi connectivity index (χ2n) is 13.6. The molecule has 0 saturated carbocycles. The molecule has 2 unspecified atom stereocenters. The summed E-state index contributed by atoms with van der Waals surface area (Å²) in [4.78, 5) is 24.9. The van der Waals surface area contributed by atoms with Crippen LogP contribution in [0.15, 0.2) is 36.5 Å². The lowest BCUT2D eigenvalue weighted by Gasteiger charge is -2.28. The summed E-state index contributed by atoms with van der Waals surface area (Å²) in [6.45, 7) is 5.25. The van der Waals surface area contributed by atoms with E-state index in [1.807, 2.05) is 21.1 Å². The van der Waals surface area contributed by atoms with Crippen molar-refractivity contribution in [2.45, 2.75) is 148 Å². The van der Waals surface area contributed by atoms with E-state index in [-0.39, 0.29) is 25.8 Å². The van der Waals surface area contributed by atoms with Gasteiger partial charge in [-0.05, 0) is 44.9 Å². The average Bonchev–Trinajstić information content (AvgIpc) is 3.01. The molecule has 0 fully saturated rings. The number of quaternary nitrogens is 1. The van der Waals surface area contributed by atoms with Crippen LogP contribution in [0.2, 0.25) is 0 Å². The normalized spacial score (nSPS) is 14.4. The quantitative estimate of drug-likeness (QED) is 0.0219. The van der Waals surface area contributed by atoms with Crippen LogP contribution in [0.25, 0.3) is 0 Å². The molecule has 0 heterocycles. The van der Waals surface area contributed by atoms with Gasteiger partial charge >= 0.3 is 5.97 Å². The lowest BCUT2D eigenvalue weighted by atomic mass is 10.1. The van der Waals surface area contributed by atoms with Crippen LogP contribution < -0.4 is 4.89 Å². The minimum Gasteiger partial charge on any atom is -0.756 e. The summed E-state index contributed by atoms with van der Waals surface area (Å²) in [5.41, 5.74) is 0. The minimum absolute atomic E-state index is 0.0226. The largest absolute Gasteiger partial charge is 0.756 e. The van der Waals surface area contributed by atoms with Crippen LogP contribution >= 0.6 is 7.82 Å². The van der Waals surface area contributed by atoms with Crippen molar-refractivity contribution >= 4 is 13.8 Å². The Bertz CT molecular complexity index is 853. The molecule has 0 bridgehead atoms. The topological polar surface area (TPSA) is 94.1 Å². The first-order chi connectivity index (χ1) is 22.6.